The molecule has 1 aromatic rings. The predicted molar refractivity (Wildman–Crippen MR) is 81.7 cm³/mol. The fraction of sp³-hybridized carbons (Fsp3) is 0.500. The number of rotatable bonds is 3. The van der Waals surface area contributed by atoms with E-state index >= 15 is 0 Å². The van der Waals surface area contributed by atoms with Gasteiger partial charge in [0, 0.05) is 29.1 Å². The number of thioether (sulfide) groups is 1. The van der Waals surface area contributed by atoms with E-state index in [0.717, 1.165) is 28.8 Å². The zero-order chi connectivity index (χ0) is 13.8. The zero-order valence-electron chi connectivity index (χ0n) is 11.8. The molecule has 0 aliphatic carbocycles. The Labute approximate surface area is 118 Å². The molecule has 0 radical (unpaired) electrons. The minimum Gasteiger partial charge on any atom is -0.497 e. The second-order valence-electron chi connectivity index (χ2n) is 4.67. The van der Waals surface area contributed by atoms with Gasteiger partial charge in [0.1, 0.15) is 11.5 Å². The van der Waals surface area contributed by atoms with Crippen LogP contribution < -0.4 is 14.8 Å². The van der Waals surface area contributed by atoms with Crippen LogP contribution in [0.25, 0.3) is 0 Å². The summed E-state index contributed by atoms with van der Waals surface area (Å²) < 4.78 is 10.5. The molecular weight excluding hydrogens is 260 g/mol. The van der Waals surface area contributed by atoms with Crippen molar-refractivity contribution in [2.75, 3.05) is 19.5 Å². The molecule has 0 saturated carbocycles. The van der Waals surface area contributed by atoms with Gasteiger partial charge >= 0.3 is 0 Å². The van der Waals surface area contributed by atoms with Crippen LogP contribution in [0.2, 0.25) is 0 Å². The van der Waals surface area contributed by atoms with Gasteiger partial charge in [-0.25, -0.2) is 0 Å². The first-order valence-corrected chi connectivity index (χ1v) is 7.23. The molecular formula is C14H20N2O2S. The van der Waals surface area contributed by atoms with Gasteiger partial charge in [0.2, 0.25) is 0 Å². The summed E-state index contributed by atoms with van der Waals surface area (Å²) in [5.74, 6) is 1.54. The second-order valence-corrected chi connectivity index (χ2v) is 6.10. The first kappa shape index (κ1) is 14.1. The molecule has 1 heterocycles. The molecule has 1 aromatic carbocycles. The number of methoxy groups -OCH3 is 2. The summed E-state index contributed by atoms with van der Waals surface area (Å²) in [6.07, 6.45) is 1.12. The monoisotopic (exact) mass is 280 g/mol. The van der Waals surface area contributed by atoms with Gasteiger partial charge in [-0.3, -0.25) is 4.99 Å². The Hall–Kier alpha value is -1.36. The number of anilines is 1. The van der Waals surface area contributed by atoms with Crippen LogP contribution >= 0.6 is 11.8 Å². The van der Waals surface area contributed by atoms with Crippen molar-refractivity contribution in [1.82, 2.24) is 0 Å². The van der Waals surface area contributed by atoms with Crippen LogP contribution in [0.1, 0.15) is 20.3 Å². The van der Waals surface area contributed by atoms with E-state index in [2.05, 4.69) is 24.2 Å². The lowest BCUT2D eigenvalue weighted by Gasteiger charge is -2.23. The van der Waals surface area contributed by atoms with Crippen molar-refractivity contribution in [3.63, 3.8) is 0 Å². The quantitative estimate of drug-likeness (QED) is 0.921. The van der Waals surface area contributed by atoms with E-state index in [1.807, 2.05) is 18.2 Å². The Kier molecular flexibility index (Phi) is 4.58. The van der Waals surface area contributed by atoms with E-state index in [9.17, 15) is 0 Å². The second kappa shape index (κ2) is 6.19. The molecule has 4 nitrogen and oxygen atoms in total. The summed E-state index contributed by atoms with van der Waals surface area (Å²) in [7, 11) is 3.30. The van der Waals surface area contributed by atoms with Crippen molar-refractivity contribution in [2.45, 2.75) is 31.6 Å². The number of benzene rings is 1. The fourth-order valence-corrected chi connectivity index (χ4v) is 3.24. The highest BCUT2D eigenvalue weighted by atomic mass is 32.2. The lowest BCUT2D eigenvalue weighted by molar-refractivity contribution is 0.395. The number of nitrogens with one attached hydrogen (secondary N) is 1. The summed E-state index contributed by atoms with van der Waals surface area (Å²) in [4.78, 5) is 4.63. The van der Waals surface area contributed by atoms with Gasteiger partial charge in [-0.05, 0) is 13.3 Å². The van der Waals surface area contributed by atoms with E-state index in [0.29, 0.717) is 11.3 Å². The Morgan fingerprint density at radius 2 is 1.79 bits per heavy atom. The average molecular weight is 280 g/mol. The highest BCUT2D eigenvalue weighted by Gasteiger charge is 2.18. The van der Waals surface area contributed by atoms with E-state index < -0.39 is 0 Å². The van der Waals surface area contributed by atoms with Crippen LogP contribution in [-0.2, 0) is 0 Å². The van der Waals surface area contributed by atoms with Gasteiger partial charge in [-0.15, -0.1) is 0 Å². The first-order valence-electron chi connectivity index (χ1n) is 6.35. The predicted octanol–water partition coefficient (Wildman–Crippen LogP) is 3.39. The zero-order valence-corrected chi connectivity index (χ0v) is 12.6. The third-order valence-corrected chi connectivity index (χ3v) is 3.95. The highest BCUT2D eigenvalue weighted by Crippen LogP contribution is 2.29. The minimum absolute atomic E-state index is 0.367. The van der Waals surface area contributed by atoms with Gasteiger partial charge in [0.15, 0.2) is 5.17 Å². The standard InChI is InChI=1S/C14H20N2O2S/c1-9-5-10(2)19-14(15-9)16-11-6-12(17-3)8-13(7-11)18-4/h6-10H,5H2,1-4H3,(H,15,16). The molecule has 0 fully saturated rings. The van der Waals surface area contributed by atoms with E-state index in [1.54, 1.807) is 26.0 Å². The molecule has 19 heavy (non-hydrogen) atoms. The molecule has 1 aliphatic rings. The first-order chi connectivity index (χ1) is 9.10. The van der Waals surface area contributed by atoms with E-state index in [4.69, 9.17) is 9.47 Å². The maximum atomic E-state index is 5.26. The molecule has 0 spiro atoms. The van der Waals surface area contributed by atoms with Crippen molar-refractivity contribution in [2.24, 2.45) is 4.99 Å². The molecule has 1 aliphatic heterocycles. The number of hydrogen-bond donors (Lipinski definition) is 1. The maximum Gasteiger partial charge on any atom is 0.161 e. The number of aliphatic imine (C=N–C) groups is 1. The van der Waals surface area contributed by atoms with Crippen LogP contribution in [-0.4, -0.2) is 30.7 Å². The van der Waals surface area contributed by atoms with E-state index in [1.165, 1.54) is 0 Å². The lowest BCUT2D eigenvalue weighted by atomic mass is 10.2. The minimum atomic E-state index is 0.367. The SMILES string of the molecule is COc1cc(NC2=NC(C)CC(C)S2)cc(OC)c1. The molecule has 104 valence electrons. The van der Waals surface area contributed by atoms with Gasteiger partial charge in [0.25, 0.3) is 0 Å². The lowest BCUT2D eigenvalue weighted by Crippen LogP contribution is -2.22. The van der Waals surface area contributed by atoms with E-state index in [-0.39, 0.29) is 0 Å². The number of amidine groups is 1. The van der Waals surface area contributed by atoms with Crippen LogP contribution in [0.15, 0.2) is 23.2 Å². The van der Waals surface area contributed by atoms with Gasteiger partial charge in [-0.1, -0.05) is 18.7 Å². The molecule has 2 rings (SSSR count). The van der Waals surface area contributed by atoms with Gasteiger partial charge in [-0.2, -0.15) is 0 Å². The summed E-state index contributed by atoms with van der Waals surface area (Å²) in [6, 6.07) is 6.10. The molecule has 2 atom stereocenters. The van der Waals surface area contributed by atoms with Crippen molar-refractivity contribution >= 4 is 22.6 Å². The average Bonchev–Trinajstić information content (AvgIpc) is 2.37. The Morgan fingerprint density at radius 1 is 1.16 bits per heavy atom. The van der Waals surface area contributed by atoms with Crippen molar-refractivity contribution in [1.29, 1.82) is 0 Å². The fourth-order valence-electron chi connectivity index (χ4n) is 2.07. The molecule has 0 saturated heterocycles. The van der Waals surface area contributed by atoms with Crippen LogP contribution in [0, 0.1) is 0 Å². The van der Waals surface area contributed by atoms with Crippen molar-refractivity contribution in [3.05, 3.63) is 18.2 Å². The molecule has 2 unspecified atom stereocenters. The number of nitrogens with zero attached hydrogens (tertiary/aromatic N) is 1. The van der Waals surface area contributed by atoms with Crippen LogP contribution in [0.3, 0.4) is 0 Å². The Balaban J connectivity index is 2.18. The number of ether oxygens (including phenoxy) is 2. The Bertz CT molecular complexity index is 454. The largest absolute Gasteiger partial charge is 0.497 e. The third kappa shape index (κ3) is 3.80. The summed E-state index contributed by atoms with van der Waals surface area (Å²) >= 11 is 1.77. The molecule has 0 bridgehead atoms. The topological polar surface area (TPSA) is 42.8 Å². The molecule has 5 heteroatoms. The number of hydrogen-bond acceptors (Lipinski definition) is 5. The van der Waals surface area contributed by atoms with Gasteiger partial charge in [0.05, 0.1) is 20.3 Å². The molecule has 1 N–H and O–H groups in total. The smallest absolute Gasteiger partial charge is 0.161 e. The summed E-state index contributed by atoms with van der Waals surface area (Å²) in [5, 5.41) is 4.89. The summed E-state index contributed by atoms with van der Waals surface area (Å²) in [6.45, 7) is 4.37. The highest BCUT2D eigenvalue weighted by molar-refractivity contribution is 8.14. The van der Waals surface area contributed by atoms with Gasteiger partial charge < -0.3 is 14.8 Å². The maximum absolute atomic E-state index is 5.26. The molecule has 0 aromatic heterocycles. The Morgan fingerprint density at radius 3 is 2.32 bits per heavy atom. The molecule has 0 amide bonds. The third-order valence-electron chi connectivity index (χ3n) is 2.93. The normalized spacial score (nSPS) is 22.6. The summed E-state index contributed by atoms with van der Waals surface area (Å²) in [5.41, 5.74) is 0.934. The van der Waals surface area contributed by atoms with Crippen molar-refractivity contribution < 1.29 is 9.47 Å². The van der Waals surface area contributed by atoms with Crippen LogP contribution in [0.5, 0.6) is 11.5 Å². The van der Waals surface area contributed by atoms with Crippen molar-refractivity contribution in [3.8, 4) is 11.5 Å². The van der Waals surface area contributed by atoms with Crippen LogP contribution in [0.4, 0.5) is 5.69 Å².